The van der Waals surface area contributed by atoms with Crippen molar-refractivity contribution in [1.82, 2.24) is 15.3 Å². The van der Waals surface area contributed by atoms with Crippen LogP contribution in [0.2, 0.25) is 0 Å². The lowest BCUT2D eigenvalue weighted by atomic mass is 10.1. The van der Waals surface area contributed by atoms with Gasteiger partial charge in [0.25, 0.3) is 5.56 Å². The summed E-state index contributed by atoms with van der Waals surface area (Å²) in [5.41, 5.74) is 1.65. The first kappa shape index (κ1) is 20.7. The molecule has 1 aromatic carbocycles. The molecule has 2 fully saturated rings. The summed E-state index contributed by atoms with van der Waals surface area (Å²) in [5, 5.41) is 10.4. The number of ether oxygens (including phenoxy) is 1. The maximum absolute atomic E-state index is 13.3. The van der Waals surface area contributed by atoms with E-state index in [1.807, 2.05) is 12.1 Å². The zero-order valence-electron chi connectivity index (χ0n) is 17.8. The van der Waals surface area contributed by atoms with Crippen LogP contribution in [0.5, 0.6) is 0 Å². The van der Waals surface area contributed by atoms with Gasteiger partial charge in [0.2, 0.25) is 5.95 Å². The van der Waals surface area contributed by atoms with Gasteiger partial charge in [0, 0.05) is 43.4 Å². The van der Waals surface area contributed by atoms with E-state index in [2.05, 4.69) is 38.0 Å². The summed E-state index contributed by atoms with van der Waals surface area (Å²) in [7, 11) is 1.76. The standard InChI is InChI=1S/C22H30N6O2S/c1-30-15-8-11-28(12-9-15)22-26-19(24-14-5-4-10-23-13-14)18(20(29)27-22)21-25-16-6-2-3-7-17(16)31-21/h2-3,6-7,14-15,21,23,25H,4-5,8-13H2,1H3,(H2,24,26,27,29)/t14-,21?/m1/s1. The van der Waals surface area contributed by atoms with Crippen molar-refractivity contribution in [2.45, 2.75) is 48.1 Å². The first-order valence-corrected chi connectivity index (χ1v) is 12.0. The Kier molecular flexibility index (Phi) is 6.06. The van der Waals surface area contributed by atoms with Crippen molar-refractivity contribution < 1.29 is 4.74 Å². The number of benzene rings is 1. The topological polar surface area (TPSA) is 94.3 Å². The normalized spacial score (nSPS) is 24.0. The highest BCUT2D eigenvalue weighted by Crippen LogP contribution is 2.46. The number of hydrogen-bond donors (Lipinski definition) is 4. The van der Waals surface area contributed by atoms with Gasteiger partial charge in [-0.2, -0.15) is 4.98 Å². The number of hydrogen-bond acceptors (Lipinski definition) is 8. The molecule has 4 heterocycles. The van der Waals surface area contributed by atoms with Gasteiger partial charge in [-0.25, -0.2) is 0 Å². The molecule has 0 bridgehead atoms. The molecule has 31 heavy (non-hydrogen) atoms. The first-order valence-electron chi connectivity index (χ1n) is 11.1. The molecule has 1 unspecified atom stereocenters. The summed E-state index contributed by atoms with van der Waals surface area (Å²) in [4.78, 5) is 24.7. The van der Waals surface area contributed by atoms with E-state index in [1.165, 1.54) is 0 Å². The number of rotatable bonds is 5. The average Bonchev–Trinajstić information content (AvgIpc) is 3.23. The number of thioether (sulfide) groups is 1. The minimum atomic E-state index is -0.166. The van der Waals surface area contributed by atoms with Gasteiger partial charge in [-0.15, -0.1) is 0 Å². The van der Waals surface area contributed by atoms with Crippen LogP contribution in [0.1, 0.15) is 36.6 Å². The maximum Gasteiger partial charge on any atom is 0.260 e. The van der Waals surface area contributed by atoms with Crippen molar-refractivity contribution in [2.24, 2.45) is 0 Å². The number of aromatic amines is 1. The van der Waals surface area contributed by atoms with Crippen LogP contribution in [0.4, 0.5) is 17.5 Å². The van der Waals surface area contributed by atoms with Crippen molar-refractivity contribution in [3.63, 3.8) is 0 Å². The number of methoxy groups -OCH3 is 1. The summed E-state index contributed by atoms with van der Waals surface area (Å²) in [6.07, 6.45) is 4.35. The summed E-state index contributed by atoms with van der Waals surface area (Å²) in [5.74, 6) is 1.34. The molecule has 2 atom stereocenters. The van der Waals surface area contributed by atoms with Crippen molar-refractivity contribution in [2.75, 3.05) is 48.8 Å². The molecule has 0 radical (unpaired) electrons. The number of anilines is 3. The number of para-hydroxylation sites is 1. The molecule has 3 aliphatic heterocycles. The van der Waals surface area contributed by atoms with E-state index in [4.69, 9.17) is 9.72 Å². The number of fused-ring (bicyclic) bond motifs is 1. The van der Waals surface area contributed by atoms with Gasteiger partial charge in [-0.1, -0.05) is 23.9 Å². The molecule has 9 heteroatoms. The molecule has 4 N–H and O–H groups in total. The molecular weight excluding hydrogens is 412 g/mol. The molecule has 5 rings (SSSR count). The van der Waals surface area contributed by atoms with E-state index >= 15 is 0 Å². The third-order valence-electron chi connectivity index (χ3n) is 6.34. The molecule has 166 valence electrons. The maximum atomic E-state index is 13.3. The van der Waals surface area contributed by atoms with Crippen molar-refractivity contribution in [1.29, 1.82) is 0 Å². The number of H-pyrrole nitrogens is 1. The molecule has 0 amide bonds. The minimum absolute atomic E-state index is 0.0806. The van der Waals surface area contributed by atoms with Crippen LogP contribution in [-0.2, 0) is 4.74 Å². The monoisotopic (exact) mass is 442 g/mol. The quantitative estimate of drug-likeness (QED) is 0.562. The van der Waals surface area contributed by atoms with Crippen LogP contribution in [0.15, 0.2) is 34.0 Å². The van der Waals surface area contributed by atoms with Crippen LogP contribution in [0.25, 0.3) is 0 Å². The van der Waals surface area contributed by atoms with Crippen LogP contribution < -0.4 is 26.4 Å². The van der Waals surface area contributed by atoms with E-state index in [0.29, 0.717) is 17.3 Å². The Morgan fingerprint density at radius 2 is 2.06 bits per heavy atom. The highest BCUT2D eigenvalue weighted by Gasteiger charge is 2.30. The summed E-state index contributed by atoms with van der Waals surface area (Å²) in [6, 6.07) is 8.44. The second-order valence-electron chi connectivity index (χ2n) is 8.40. The largest absolute Gasteiger partial charge is 0.381 e. The number of nitrogens with zero attached hydrogens (tertiary/aromatic N) is 2. The van der Waals surface area contributed by atoms with Crippen molar-refractivity contribution in [3.05, 3.63) is 40.2 Å². The molecule has 3 aliphatic rings. The molecule has 2 saturated heterocycles. The number of nitrogens with one attached hydrogen (secondary N) is 4. The highest BCUT2D eigenvalue weighted by molar-refractivity contribution is 8.00. The lowest BCUT2D eigenvalue weighted by Gasteiger charge is -2.32. The lowest BCUT2D eigenvalue weighted by molar-refractivity contribution is 0.0816. The fourth-order valence-electron chi connectivity index (χ4n) is 4.56. The smallest absolute Gasteiger partial charge is 0.260 e. The van der Waals surface area contributed by atoms with E-state index in [1.54, 1.807) is 18.9 Å². The lowest BCUT2D eigenvalue weighted by Crippen LogP contribution is -2.41. The summed E-state index contributed by atoms with van der Waals surface area (Å²) >= 11 is 1.67. The van der Waals surface area contributed by atoms with Gasteiger partial charge in [0.15, 0.2) is 0 Å². The molecule has 0 spiro atoms. The molecular formula is C22H30N6O2S. The van der Waals surface area contributed by atoms with E-state index in [-0.39, 0.29) is 23.1 Å². The summed E-state index contributed by atoms with van der Waals surface area (Å²) < 4.78 is 5.49. The van der Waals surface area contributed by atoms with Crippen molar-refractivity contribution >= 4 is 29.2 Å². The van der Waals surface area contributed by atoms with Gasteiger partial charge >= 0.3 is 0 Å². The minimum Gasteiger partial charge on any atom is -0.381 e. The molecule has 8 nitrogen and oxygen atoms in total. The Morgan fingerprint density at radius 3 is 2.81 bits per heavy atom. The predicted octanol–water partition coefficient (Wildman–Crippen LogP) is 2.77. The fraction of sp³-hybridized carbons (Fsp3) is 0.545. The first-order chi connectivity index (χ1) is 15.2. The molecule has 1 aromatic heterocycles. The van der Waals surface area contributed by atoms with Gasteiger partial charge in [0.05, 0.1) is 11.7 Å². The second-order valence-corrected chi connectivity index (χ2v) is 9.55. The van der Waals surface area contributed by atoms with Crippen LogP contribution in [0.3, 0.4) is 0 Å². The Morgan fingerprint density at radius 1 is 1.23 bits per heavy atom. The van der Waals surface area contributed by atoms with E-state index < -0.39 is 0 Å². The van der Waals surface area contributed by atoms with Gasteiger partial charge in [-0.3, -0.25) is 9.78 Å². The van der Waals surface area contributed by atoms with Gasteiger partial charge in [-0.05, 0) is 44.4 Å². The Hall–Kier alpha value is -2.23. The molecule has 0 saturated carbocycles. The van der Waals surface area contributed by atoms with Gasteiger partial charge in [0.1, 0.15) is 11.2 Å². The highest BCUT2D eigenvalue weighted by atomic mass is 32.2. The van der Waals surface area contributed by atoms with Crippen LogP contribution in [0, 0.1) is 0 Å². The third kappa shape index (κ3) is 4.40. The van der Waals surface area contributed by atoms with Crippen LogP contribution in [-0.4, -0.2) is 55.4 Å². The zero-order chi connectivity index (χ0) is 21.2. The molecule has 0 aliphatic carbocycles. The molecule has 2 aromatic rings. The third-order valence-corrected chi connectivity index (χ3v) is 7.54. The zero-order valence-corrected chi connectivity index (χ0v) is 18.6. The Labute approximate surface area is 186 Å². The van der Waals surface area contributed by atoms with E-state index in [0.717, 1.165) is 62.4 Å². The SMILES string of the molecule is COC1CCN(c2nc(N[C@@H]3CCCNC3)c(C3Nc4ccccc4S3)c(=O)[nH]2)CC1. The summed E-state index contributed by atoms with van der Waals surface area (Å²) in [6.45, 7) is 3.58. The predicted molar refractivity (Wildman–Crippen MR) is 125 cm³/mol. The number of piperidine rings is 2. The fourth-order valence-corrected chi connectivity index (χ4v) is 5.75. The Balaban J connectivity index is 1.45. The van der Waals surface area contributed by atoms with E-state index in [9.17, 15) is 4.79 Å². The second kappa shape index (κ2) is 9.10. The Bertz CT molecular complexity index is 944. The van der Waals surface area contributed by atoms with Crippen molar-refractivity contribution in [3.8, 4) is 0 Å². The van der Waals surface area contributed by atoms with Crippen LogP contribution >= 0.6 is 11.8 Å². The number of aromatic nitrogens is 2. The average molecular weight is 443 g/mol. The van der Waals surface area contributed by atoms with Gasteiger partial charge < -0.3 is 25.6 Å².